The Bertz CT molecular complexity index is 648. The third-order valence-corrected chi connectivity index (χ3v) is 2.96. The average Bonchev–Trinajstić information content (AvgIpc) is 2.74. The van der Waals surface area contributed by atoms with Crippen molar-refractivity contribution in [2.24, 2.45) is 0 Å². The van der Waals surface area contributed by atoms with E-state index in [0.29, 0.717) is 23.8 Å². The summed E-state index contributed by atoms with van der Waals surface area (Å²) in [4.78, 5) is 14.7. The number of nitrogens with two attached hydrogens (primary N) is 1. The van der Waals surface area contributed by atoms with Crippen LogP contribution in [0, 0.1) is 0 Å². The smallest absolute Gasteiger partial charge is 0.357 e. The van der Waals surface area contributed by atoms with Crippen LogP contribution in [0.1, 0.15) is 17.4 Å². The molecule has 5 N–H and O–H groups in total. The fourth-order valence-corrected chi connectivity index (χ4v) is 2.07. The second-order valence-corrected chi connectivity index (χ2v) is 4.18. The summed E-state index contributed by atoms with van der Waals surface area (Å²) in [7, 11) is 0. The first-order valence-corrected chi connectivity index (χ1v) is 6.02. The molecule has 0 spiro atoms. The van der Waals surface area contributed by atoms with Crippen molar-refractivity contribution in [3.05, 3.63) is 30.0 Å². The SMILES string of the molecule is CCOC(=O)c1[nH]c2c(c1N)Nc1ccccc1N2. The molecule has 19 heavy (non-hydrogen) atoms. The van der Waals surface area contributed by atoms with Crippen LogP contribution in [-0.4, -0.2) is 17.6 Å². The molecule has 3 rings (SSSR count). The van der Waals surface area contributed by atoms with Gasteiger partial charge in [0.1, 0.15) is 11.5 Å². The largest absolute Gasteiger partial charge is 0.461 e. The number of hydrogen-bond donors (Lipinski definition) is 4. The van der Waals surface area contributed by atoms with Crippen LogP contribution in [0.5, 0.6) is 0 Å². The Morgan fingerprint density at radius 2 is 1.95 bits per heavy atom. The molecule has 6 nitrogen and oxygen atoms in total. The number of ether oxygens (including phenoxy) is 1. The third kappa shape index (κ3) is 1.77. The van der Waals surface area contributed by atoms with Gasteiger partial charge in [-0.15, -0.1) is 0 Å². The second-order valence-electron chi connectivity index (χ2n) is 4.18. The highest BCUT2D eigenvalue weighted by atomic mass is 16.5. The van der Waals surface area contributed by atoms with E-state index < -0.39 is 5.97 Å². The maximum absolute atomic E-state index is 11.8. The number of aromatic amines is 1. The number of nitrogens with one attached hydrogen (secondary N) is 3. The van der Waals surface area contributed by atoms with E-state index in [1.165, 1.54) is 0 Å². The lowest BCUT2D eigenvalue weighted by molar-refractivity contribution is 0.0521. The van der Waals surface area contributed by atoms with E-state index in [9.17, 15) is 4.79 Å². The zero-order valence-corrected chi connectivity index (χ0v) is 10.4. The van der Waals surface area contributed by atoms with Crippen LogP contribution in [0.25, 0.3) is 0 Å². The molecule has 0 aliphatic carbocycles. The van der Waals surface area contributed by atoms with Gasteiger partial charge in [-0.1, -0.05) is 12.1 Å². The van der Waals surface area contributed by atoms with E-state index >= 15 is 0 Å². The van der Waals surface area contributed by atoms with Crippen molar-refractivity contribution >= 4 is 34.5 Å². The highest BCUT2D eigenvalue weighted by Crippen LogP contribution is 2.42. The molecule has 0 fully saturated rings. The molecule has 0 unspecified atom stereocenters. The number of H-pyrrole nitrogens is 1. The molecule has 0 bridgehead atoms. The molecule has 0 saturated heterocycles. The number of carbonyl (C=O) groups excluding carboxylic acids is 1. The summed E-state index contributed by atoms with van der Waals surface area (Å²) in [5.74, 6) is 0.210. The summed E-state index contributed by atoms with van der Waals surface area (Å²) in [5, 5.41) is 6.39. The lowest BCUT2D eigenvalue weighted by Gasteiger charge is -2.19. The van der Waals surface area contributed by atoms with E-state index in [0.717, 1.165) is 11.4 Å². The van der Waals surface area contributed by atoms with Crippen molar-refractivity contribution in [2.45, 2.75) is 6.92 Å². The van der Waals surface area contributed by atoms with Crippen molar-refractivity contribution < 1.29 is 9.53 Å². The first-order chi connectivity index (χ1) is 9.20. The van der Waals surface area contributed by atoms with E-state index in [4.69, 9.17) is 10.5 Å². The van der Waals surface area contributed by atoms with Crippen LogP contribution in [0.4, 0.5) is 28.6 Å². The Balaban J connectivity index is 2.00. The van der Waals surface area contributed by atoms with Gasteiger partial charge in [-0.05, 0) is 19.1 Å². The summed E-state index contributed by atoms with van der Waals surface area (Å²) < 4.78 is 4.96. The summed E-state index contributed by atoms with van der Waals surface area (Å²) in [5.41, 5.74) is 9.10. The lowest BCUT2D eigenvalue weighted by Crippen LogP contribution is -2.07. The quantitative estimate of drug-likeness (QED) is 0.530. The number of anilines is 5. The van der Waals surface area contributed by atoms with Crippen molar-refractivity contribution in [2.75, 3.05) is 23.0 Å². The van der Waals surface area contributed by atoms with Gasteiger partial charge in [0.15, 0.2) is 5.69 Å². The van der Waals surface area contributed by atoms with Crippen LogP contribution in [0.3, 0.4) is 0 Å². The van der Waals surface area contributed by atoms with Gasteiger partial charge in [-0.3, -0.25) is 0 Å². The van der Waals surface area contributed by atoms with Crippen molar-refractivity contribution in [3.63, 3.8) is 0 Å². The number of benzene rings is 1. The lowest BCUT2D eigenvalue weighted by atomic mass is 10.2. The molecule has 1 aromatic heterocycles. The Morgan fingerprint density at radius 3 is 2.63 bits per heavy atom. The molecule has 0 atom stereocenters. The van der Waals surface area contributed by atoms with Gasteiger partial charge in [0.25, 0.3) is 0 Å². The molecule has 2 aromatic rings. The molecule has 1 aromatic carbocycles. The van der Waals surface area contributed by atoms with Crippen LogP contribution >= 0.6 is 0 Å². The standard InChI is InChI=1S/C13H14N4O2/c1-2-19-13(18)11-9(14)10-12(17-11)16-8-6-4-3-5-7(8)15-10/h3-6,15-17H,2,14H2,1H3. The van der Waals surface area contributed by atoms with E-state index in [1.54, 1.807) is 6.92 Å². The number of nitrogen functional groups attached to an aromatic ring is 1. The zero-order chi connectivity index (χ0) is 13.4. The number of fused-ring (bicyclic) bond motifs is 2. The highest BCUT2D eigenvalue weighted by molar-refractivity contribution is 6.04. The topological polar surface area (TPSA) is 92.2 Å². The fraction of sp³-hybridized carbons (Fsp3) is 0.154. The predicted octanol–water partition coefficient (Wildman–Crippen LogP) is 2.57. The summed E-state index contributed by atoms with van der Waals surface area (Å²) in [6.45, 7) is 2.06. The number of esters is 1. The van der Waals surface area contributed by atoms with Crippen molar-refractivity contribution in [1.82, 2.24) is 4.98 Å². The number of hydrogen-bond acceptors (Lipinski definition) is 5. The van der Waals surface area contributed by atoms with Crippen molar-refractivity contribution in [3.8, 4) is 0 Å². The Hall–Kier alpha value is -2.63. The van der Waals surface area contributed by atoms with Crippen LogP contribution < -0.4 is 16.4 Å². The molecule has 6 heteroatoms. The molecule has 2 heterocycles. The number of carbonyl (C=O) groups is 1. The maximum Gasteiger partial charge on any atom is 0.357 e. The molecule has 0 amide bonds. The van der Waals surface area contributed by atoms with Gasteiger partial charge in [0.2, 0.25) is 0 Å². The van der Waals surface area contributed by atoms with Gasteiger partial charge in [-0.25, -0.2) is 4.79 Å². The normalized spacial score (nSPS) is 11.8. The fourth-order valence-electron chi connectivity index (χ4n) is 2.07. The summed E-state index contributed by atoms with van der Waals surface area (Å²) in [6, 6.07) is 7.72. The van der Waals surface area contributed by atoms with E-state index in [2.05, 4.69) is 15.6 Å². The molecule has 1 aliphatic heterocycles. The number of aromatic nitrogens is 1. The summed E-state index contributed by atoms with van der Waals surface area (Å²) in [6.07, 6.45) is 0. The highest BCUT2D eigenvalue weighted by Gasteiger charge is 2.24. The van der Waals surface area contributed by atoms with Crippen LogP contribution in [-0.2, 0) is 4.74 Å². The molecule has 1 aliphatic rings. The van der Waals surface area contributed by atoms with Crippen LogP contribution in [0.2, 0.25) is 0 Å². The van der Waals surface area contributed by atoms with Gasteiger partial charge in [-0.2, -0.15) is 0 Å². The Kier molecular flexibility index (Phi) is 2.56. The molecule has 98 valence electrons. The molecular formula is C13H14N4O2. The van der Waals surface area contributed by atoms with Gasteiger partial charge < -0.3 is 26.1 Å². The Morgan fingerprint density at radius 1 is 1.26 bits per heavy atom. The Labute approximate surface area is 110 Å². The predicted molar refractivity (Wildman–Crippen MR) is 74.2 cm³/mol. The first-order valence-electron chi connectivity index (χ1n) is 6.02. The minimum atomic E-state index is -0.456. The summed E-state index contributed by atoms with van der Waals surface area (Å²) >= 11 is 0. The molecule has 0 radical (unpaired) electrons. The molecular weight excluding hydrogens is 244 g/mol. The monoisotopic (exact) mass is 258 g/mol. The first kappa shape index (κ1) is 11.5. The van der Waals surface area contributed by atoms with Gasteiger partial charge in [0, 0.05) is 0 Å². The van der Waals surface area contributed by atoms with E-state index in [-0.39, 0.29) is 5.69 Å². The van der Waals surface area contributed by atoms with E-state index in [1.807, 2.05) is 24.3 Å². The number of para-hydroxylation sites is 2. The second kappa shape index (κ2) is 4.24. The average molecular weight is 258 g/mol. The minimum Gasteiger partial charge on any atom is -0.461 e. The molecule has 0 saturated carbocycles. The van der Waals surface area contributed by atoms with Crippen molar-refractivity contribution in [1.29, 1.82) is 0 Å². The van der Waals surface area contributed by atoms with Gasteiger partial charge in [0.05, 0.1) is 23.7 Å². The minimum absolute atomic E-state index is 0.264. The third-order valence-electron chi connectivity index (χ3n) is 2.96. The number of rotatable bonds is 2. The van der Waals surface area contributed by atoms with Gasteiger partial charge >= 0.3 is 5.97 Å². The maximum atomic E-state index is 11.8. The van der Waals surface area contributed by atoms with Crippen LogP contribution in [0.15, 0.2) is 24.3 Å². The zero-order valence-electron chi connectivity index (χ0n) is 10.4.